The zero-order chi connectivity index (χ0) is 20.1. The van der Waals surface area contributed by atoms with Crippen molar-refractivity contribution in [1.82, 2.24) is 24.8 Å². The minimum atomic E-state index is -0.0785. The second kappa shape index (κ2) is 9.01. The van der Waals surface area contributed by atoms with Crippen LogP contribution in [0.25, 0.3) is 11.1 Å². The Hall–Kier alpha value is -2.99. The van der Waals surface area contributed by atoms with Crippen molar-refractivity contribution in [2.75, 3.05) is 26.2 Å². The Morgan fingerprint density at radius 1 is 1.14 bits per heavy atom. The average Bonchev–Trinajstić information content (AvgIpc) is 3.22. The molecule has 4 rings (SSSR count). The van der Waals surface area contributed by atoms with Crippen molar-refractivity contribution in [3.8, 4) is 11.1 Å². The molecule has 1 atom stereocenters. The normalized spacial score (nSPS) is 18.0. The van der Waals surface area contributed by atoms with E-state index >= 15 is 0 Å². The summed E-state index contributed by atoms with van der Waals surface area (Å²) in [5.74, 6) is 1.11. The van der Waals surface area contributed by atoms with Gasteiger partial charge in [-0.1, -0.05) is 30.3 Å². The zero-order valence-electron chi connectivity index (χ0n) is 16.8. The van der Waals surface area contributed by atoms with Gasteiger partial charge >= 0.3 is 0 Å². The molecular formula is C23H27N5O. The fourth-order valence-electron chi connectivity index (χ4n) is 4.08. The third-order valence-corrected chi connectivity index (χ3v) is 5.59. The number of pyridine rings is 1. The van der Waals surface area contributed by atoms with Crippen LogP contribution in [-0.4, -0.2) is 56.8 Å². The number of amides is 1. The van der Waals surface area contributed by atoms with Gasteiger partial charge in [-0.3, -0.25) is 14.7 Å². The number of H-pyrrole nitrogens is 1. The van der Waals surface area contributed by atoms with E-state index in [1.54, 1.807) is 12.4 Å². The predicted octanol–water partition coefficient (Wildman–Crippen LogP) is 2.99. The molecular weight excluding hydrogens is 362 g/mol. The minimum Gasteiger partial charge on any atom is -0.348 e. The van der Waals surface area contributed by atoms with Crippen LogP contribution in [0.1, 0.15) is 18.3 Å². The third-order valence-electron chi connectivity index (χ3n) is 5.59. The molecule has 3 heterocycles. The first-order valence-electron chi connectivity index (χ1n) is 10.2. The fraction of sp³-hybridized carbons (Fsp3) is 0.348. The van der Waals surface area contributed by atoms with Crippen molar-refractivity contribution in [3.63, 3.8) is 0 Å². The van der Waals surface area contributed by atoms with Crippen LogP contribution in [0.4, 0.5) is 0 Å². The first-order valence-corrected chi connectivity index (χ1v) is 10.2. The lowest BCUT2D eigenvalue weighted by Crippen LogP contribution is -2.37. The van der Waals surface area contributed by atoms with E-state index in [4.69, 9.17) is 0 Å². The summed E-state index contributed by atoms with van der Waals surface area (Å²) in [6, 6.07) is 12.4. The molecule has 150 valence electrons. The summed E-state index contributed by atoms with van der Waals surface area (Å²) in [7, 11) is 0. The molecule has 0 bridgehead atoms. The van der Waals surface area contributed by atoms with E-state index in [-0.39, 0.29) is 11.8 Å². The summed E-state index contributed by atoms with van der Waals surface area (Å²) in [6.07, 6.45) is 8.01. The van der Waals surface area contributed by atoms with Crippen LogP contribution in [0.5, 0.6) is 0 Å². The summed E-state index contributed by atoms with van der Waals surface area (Å²) < 4.78 is 0. The minimum absolute atomic E-state index is 0.0785. The van der Waals surface area contributed by atoms with Crippen LogP contribution >= 0.6 is 0 Å². The summed E-state index contributed by atoms with van der Waals surface area (Å²) in [4.78, 5) is 29.4. The average molecular weight is 390 g/mol. The van der Waals surface area contributed by atoms with Gasteiger partial charge in [-0.15, -0.1) is 0 Å². The number of rotatable bonds is 6. The van der Waals surface area contributed by atoms with Crippen molar-refractivity contribution < 1.29 is 4.79 Å². The molecule has 1 aliphatic heterocycles. The molecule has 6 nitrogen and oxygen atoms in total. The Kier molecular flexibility index (Phi) is 6.00. The van der Waals surface area contributed by atoms with Crippen LogP contribution in [0, 0.1) is 5.92 Å². The SMILES string of the molecule is CCN1CCN(Cc2ncc[nH]2)CC(Cc2ccccc2-c2cccnc2)C1=O. The van der Waals surface area contributed by atoms with Crippen LogP contribution < -0.4 is 0 Å². The van der Waals surface area contributed by atoms with E-state index in [0.717, 1.165) is 56.1 Å². The van der Waals surface area contributed by atoms with Gasteiger partial charge in [0.15, 0.2) is 0 Å². The smallest absolute Gasteiger partial charge is 0.227 e. The van der Waals surface area contributed by atoms with E-state index in [1.165, 1.54) is 5.56 Å². The summed E-state index contributed by atoms with van der Waals surface area (Å²) in [5, 5.41) is 0. The molecule has 6 heteroatoms. The van der Waals surface area contributed by atoms with Crippen molar-refractivity contribution >= 4 is 5.91 Å². The fourth-order valence-corrected chi connectivity index (χ4v) is 4.08. The molecule has 0 spiro atoms. The van der Waals surface area contributed by atoms with Crippen molar-refractivity contribution in [2.45, 2.75) is 19.9 Å². The molecule has 0 aliphatic carbocycles. The van der Waals surface area contributed by atoms with Crippen LogP contribution in [0.2, 0.25) is 0 Å². The molecule has 1 amide bonds. The van der Waals surface area contributed by atoms with E-state index in [0.29, 0.717) is 0 Å². The summed E-state index contributed by atoms with van der Waals surface area (Å²) >= 11 is 0. The van der Waals surface area contributed by atoms with E-state index in [1.807, 2.05) is 29.4 Å². The van der Waals surface area contributed by atoms with Crippen molar-refractivity contribution in [1.29, 1.82) is 0 Å². The molecule has 1 unspecified atom stereocenters. The Morgan fingerprint density at radius 3 is 2.79 bits per heavy atom. The van der Waals surface area contributed by atoms with E-state index in [2.05, 4.69) is 51.0 Å². The predicted molar refractivity (Wildman–Crippen MR) is 113 cm³/mol. The number of aromatic nitrogens is 3. The highest BCUT2D eigenvalue weighted by Gasteiger charge is 2.30. The second-order valence-corrected chi connectivity index (χ2v) is 7.49. The lowest BCUT2D eigenvalue weighted by atomic mass is 9.91. The van der Waals surface area contributed by atoms with Gasteiger partial charge < -0.3 is 9.88 Å². The number of aromatic amines is 1. The van der Waals surface area contributed by atoms with Crippen molar-refractivity contribution in [3.05, 3.63) is 72.6 Å². The van der Waals surface area contributed by atoms with Gasteiger partial charge in [-0.25, -0.2) is 4.98 Å². The molecule has 3 aromatic rings. The molecule has 0 saturated carbocycles. The maximum absolute atomic E-state index is 13.2. The van der Waals surface area contributed by atoms with Crippen LogP contribution in [0.3, 0.4) is 0 Å². The molecule has 1 N–H and O–H groups in total. The van der Waals surface area contributed by atoms with Gasteiger partial charge in [0.25, 0.3) is 0 Å². The Bertz CT molecular complexity index is 925. The summed E-state index contributed by atoms with van der Waals surface area (Å²) in [6.45, 7) is 5.89. The number of hydrogen-bond donors (Lipinski definition) is 1. The third kappa shape index (κ3) is 4.54. The van der Waals surface area contributed by atoms with E-state index in [9.17, 15) is 4.79 Å². The van der Waals surface area contributed by atoms with Gasteiger partial charge in [0.1, 0.15) is 5.82 Å². The first-order chi connectivity index (χ1) is 14.2. The second-order valence-electron chi connectivity index (χ2n) is 7.49. The van der Waals surface area contributed by atoms with Crippen LogP contribution in [0.15, 0.2) is 61.2 Å². The largest absolute Gasteiger partial charge is 0.348 e. The highest BCUT2D eigenvalue weighted by molar-refractivity contribution is 5.80. The van der Waals surface area contributed by atoms with Gasteiger partial charge in [-0.05, 0) is 30.5 Å². The number of imidazole rings is 1. The Labute approximate surface area is 171 Å². The van der Waals surface area contributed by atoms with Gasteiger partial charge in [-0.2, -0.15) is 0 Å². The number of hydrogen-bond acceptors (Lipinski definition) is 4. The number of likely N-dealkylation sites (N-methyl/N-ethyl adjacent to an activating group) is 1. The summed E-state index contributed by atoms with van der Waals surface area (Å²) in [5.41, 5.74) is 3.43. The monoisotopic (exact) mass is 389 g/mol. The number of carbonyl (C=O) groups is 1. The number of nitrogens with one attached hydrogen (secondary N) is 1. The van der Waals surface area contributed by atoms with Gasteiger partial charge in [0.2, 0.25) is 5.91 Å². The molecule has 1 aliphatic rings. The Balaban J connectivity index is 1.59. The Morgan fingerprint density at radius 2 is 2.03 bits per heavy atom. The lowest BCUT2D eigenvalue weighted by Gasteiger charge is -2.24. The highest BCUT2D eigenvalue weighted by Crippen LogP contribution is 2.27. The zero-order valence-corrected chi connectivity index (χ0v) is 16.8. The first kappa shape index (κ1) is 19.3. The van der Waals surface area contributed by atoms with Gasteiger partial charge in [0.05, 0.1) is 12.5 Å². The molecule has 2 aromatic heterocycles. The maximum Gasteiger partial charge on any atom is 0.227 e. The molecule has 1 fully saturated rings. The maximum atomic E-state index is 13.2. The molecule has 1 saturated heterocycles. The molecule has 0 radical (unpaired) electrons. The standard InChI is InChI=1S/C23H27N5O/c1-2-28-13-12-27(17-22-25-10-11-26-22)16-20(23(28)29)14-18-6-3-4-8-21(18)19-7-5-9-24-15-19/h3-11,15,20H,2,12-14,16-17H2,1H3,(H,25,26). The number of benzene rings is 1. The quantitative estimate of drug-likeness (QED) is 0.704. The van der Waals surface area contributed by atoms with Gasteiger partial charge in [0, 0.05) is 56.5 Å². The number of nitrogens with zero attached hydrogens (tertiary/aromatic N) is 4. The molecule has 29 heavy (non-hydrogen) atoms. The number of carbonyl (C=O) groups excluding carboxylic acids is 1. The molecule has 1 aromatic carbocycles. The topological polar surface area (TPSA) is 65.1 Å². The lowest BCUT2D eigenvalue weighted by molar-refractivity contribution is -0.134. The van der Waals surface area contributed by atoms with Crippen molar-refractivity contribution in [2.24, 2.45) is 5.92 Å². The van der Waals surface area contributed by atoms with E-state index < -0.39 is 0 Å². The highest BCUT2D eigenvalue weighted by atomic mass is 16.2. The van der Waals surface area contributed by atoms with Crippen LogP contribution in [-0.2, 0) is 17.8 Å².